The normalized spacial score (nSPS) is 13.9. The van der Waals surface area contributed by atoms with Crippen molar-refractivity contribution in [1.29, 1.82) is 0 Å². The number of carbonyl (C=O) groups is 1. The minimum Gasteiger partial charge on any atom is -0.384 e. The lowest BCUT2D eigenvalue weighted by Crippen LogP contribution is -2.15. The van der Waals surface area contributed by atoms with E-state index in [0.29, 0.717) is 29.1 Å². The molecule has 168 valence electrons. The molecule has 33 heavy (non-hydrogen) atoms. The molecule has 6 heteroatoms. The number of carbonyl (C=O) groups excluding carboxylic acids is 1. The number of hydrogen-bond donors (Lipinski definition) is 2. The molecule has 5 rings (SSSR count). The molecule has 3 N–H and O–H groups in total. The molecule has 0 atom stereocenters. The summed E-state index contributed by atoms with van der Waals surface area (Å²) in [5.74, 6) is 0.152. The summed E-state index contributed by atoms with van der Waals surface area (Å²) >= 11 is 0. The van der Waals surface area contributed by atoms with Crippen molar-refractivity contribution in [3.05, 3.63) is 70.8 Å². The summed E-state index contributed by atoms with van der Waals surface area (Å²) in [4.78, 5) is 23.1. The first kappa shape index (κ1) is 21.2. The number of nitrogens with zero attached hydrogens (tertiary/aromatic N) is 3. The predicted molar refractivity (Wildman–Crippen MR) is 134 cm³/mol. The van der Waals surface area contributed by atoms with Crippen molar-refractivity contribution in [3.8, 4) is 0 Å². The van der Waals surface area contributed by atoms with Gasteiger partial charge in [0.15, 0.2) is 5.65 Å². The van der Waals surface area contributed by atoms with Gasteiger partial charge < -0.3 is 15.6 Å². The Hall–Kier alpha value is -3.67. The zero-order chi connectivity index (χ0) is 22.9. The Balaban J connectivity index is 1.58. The highest BCUT2D eigenvalue weighted by Gasteiger charge is 2.24. The van der Waals surface area contributed by atoms with Gasteiger partial charge in [0.2, 0.25) is 0 Å². The molecular weight excluding hydrogens is 410 g/mol. The summed E-state index contributed by atoms with van der Waals surface area (Å²) in [6, 6.07) is 13.6. The third-order valence-corrected chi connectivity index (χ3v) is 6.62. The van der Waals surface area contributed by atoms with Crippen LogP contribution in [0.25, 0.3) is 22.2 Å². The second kappa shape index (κ2) is 8.70. The van der Waals surface area contributed by atoms with Crippen molar-refractivity contribution in [2.75, 3.05) is 11.1 Å². The van der Waals surface area contributed by atoms with Crippen LogP contribution in [0.5, 0.6) is 0 Å². The smallest absolute Gasteiger partial charge is 0.261 e. The van der Waals surface area contributed by atoms with Crippen LogP contribution in [-0.2, 0) is 6.54 Å². The van der Waals surface area contributed by atoms with E-state index < -0.39 is 0 Å². The van der Waals surface area contributed by atoms with Gasteiger partial charge in [-0.2, -0.15) is 0 Å². The summed E-state index contributed by atoms with van der Waals surface area (Å²) < 4.78 is 1.96. The summed E-state index contributed by atoms with van der Waals surface area (Å²) in [5, 5.41) is 3.01. The number of nitrogen functional groups attached to an aromatic ring is 1. The molecule has 1 aliphatic rings. The molecule has 0 spiro atoms. The van der Waals surface area contributed by atoms with Crippen LogP contribution in [0.3, 0.4) is 0 Å². The summed E-state index contributed by atoms with van der Waals surface area (Å²) in [7, 11) is 0. The SMILES string of the molecule is Cc1ccc(NC(=O)c2c(N)n(CCC3=CCCCC3)c3nc4ccccc4nc23)cc1C. The zero-order valence-corrected chi connectivity index (χ0v) is 19.2. The van der Waals surface area contributed by atoms with E-state index >= 15 is 0 Å². The summed E-state index contributed by atoms with van der Waals surface area (Å²) in [6.07, 6.45) is 8.03. The standard InChI is InChI=1S/C27H29N5O/c1-17-12-13-20(16-18(17)2)29-27(33)23-24-26(31-22-11-7-6-10-21(22)30-24)32(25(23)28)15-14-19-8-4-3-5-9-19/h6-8,10-13,16H,3-5,9,14-15,28H2,1-2H3,(H,29,33). The van der Waals surface area contributed by atoms with Gasteiger partial charge in [-0.3, -0.25) is 4.79 Å². The number of fused-ring (bicyclic) bond motifs is 2. The van der Waals surface area contributed by atoms with Crippen LogP contribution in [0.1, 0.15) is 53.6 Å². The highest BCUT2D eigenvalue weighted by Crippen LogP contribution is 2.30. The molecule has 0 radical (unpaired) electrons. The fraction of sp³-hybridized carbons (Fsp3) is 0.296. The van der Waals surface area contributed by atoms with Crippen LogP contribution in [0.15, 0.2) is 54.1 Å². The Kier molecular flexibility index (Phi) is 5.58. The van der Waals surface area contributed by atoms with Crippen LogP contribution >= 0.6 is 0 Å². The van der Waals surface area contributed by atoms with E-state index in [4.69, 9.17) is 15.7 Å². The van der Waals surface area contributed by atoms with Crippen LogP contribution in [0, 0.1) is 13.8 Å². The van der Waals surface area contributed by atoms with Crippen molar-refractivity contribution in [2.24, 2.45) is 0 Å². The topological polar surface area (TPSA) is 85.8 Å². The lowest BCUT2D eigenvalue weighted by atomic mass is 9.97. The second-order valence-corrected chi connectivity index (χ2v) is 8.91. The number of para-hydroxylation sites is 2. The number of amides is 1. The van der Waals surface area contributed by atoms with Crippen LogP contribution in [0.4, 0.5) is 11.5 Å². The number of nitrogens with two attached hydrogens (primary N) is 1. The first-order chi connectivity index (χ1) is 16.0. The molecule has 6 nitrogen and oxygen atoms in total. The quantitative estimate of drug-likeness (QED) is 0.378. The molecule has 0 bridgehead atoms. The fourth-order valence-corrected chi connectivity index (χ4v) is 4.57. The van der Waals surface area contributed by atoms with Gasteiger partial charge in [0.05, 0.1) is 11.0 Å². The lowest BCUT2D eigenvalue weighted by molar-refractivity contribution is 0.102. The lowest BCUT2D eigenvalue weighted by Gasteiger charge is -2.14. The van der Waals surface area contributed by atoms with Crippen molar-refractivity contribution in [2.45, 2.75) is 52.5 Å². The molecule has 0 aliphatic heterocycles. The van der Waals surface area contributed by atoms with Gasteiger partial charge in [0.1, 0.15) is 16.9 Å². The van der Waals surface area contributed by atoms with E-state index in [9.17, 15) is 4.79 Å². The van der Waals surface area contributed by atoms with Gasteiger partial charge in [0, 0.05) is 12.2 Å². The maximum atomic E-state index is 13.4. The first-order valence-electron chi connectivity index (χ1n) is 11.6. The third-order valence-electron chi connectivity index (χ3n) is 6.62. The Labute approximate surface area is 193 Å². The third kappa shape index (κ3) is 4.09. The Morgan fingerprint density at radius 3 is 2.58 bits per heavy atom. The van der Waals surface area contributed by atoms with Crippen molar-refractivity contribution in [1.82, 2.24) is 14.5 Å². The monoisotopic (exact) mass is 439 g/mol. The van der Waals surface area contributed by atoms with E-state index in [1.807, 2.05) is 54.0 Å². The highest BCUT2D eigenvalue weighted by atomic mass is 16.1. The molecular formula is C27H29N5O. The van der Waals surface area contributed by atoms with Crippen molar-refractivity contribution >= 4 is 39.6 Å². The molecule has 0 fully saturated rings. The van der Waals surface area contributed by atoms with E-state index in [0.717, 1.165) is 41.5 Å². The number of hydrogen-bond acceptors (Lipinski definition) is 4. The molecule has 0 saturated carbocycles. The number of aromatic nitrogens is 3. The van der Waals surface area contributed by atoms with E-state index in [1.165, 1.54) is 24.0 Å². The van der Waals surface area contributed by atoms with Gasteiger partial charge in [-0.25, -0.2) is 9.97 Å². The van der Waals surface area contributed by atoms with Crippen LogP contribution in [0.2, 0.25) is 0 Å². The van der Waals surface area contributed by atoms with Gasteiger partial charge in [0.25, 0.3) is 5.91 Å². The maximum Gasteiger partial charge on any atom is 0.261 e. The molecule has 1 amide bonds. The van der Waals surface area contributed by atoms with Crippen LogP contribution in [-0.4, -0.2) is 20.4 Å². The molecule has 0 unspecified atom stereocenters. The molecule has 0 saturated heterocycles. The zero-order valence-electron chi connectivity index (χ0n) is 19.2. The molecule has 1 aliphatic carbocycles. The summed E-state index contributed by atoms with van der Waals surface area (Å²) in [6.45, 7) is 4.76. The average molecular weight is 440 g/mol. The number of nitrogens with one attached hydrogen (secondary N) is 1. The number of rotatable bonds is 5. The number of aryl methyl sites for hydroxylation is 3. The number of benzene rings is 2. The van der Waals surface area contributed by atoms with E-state index in [1.54, 1.807) is 0 Å². The maximum absolute atomic E-state index is 13.4. The Morgan fingerprint density at radius 1 is 1.06 bits per heavy atom. The predicted octanol–water partition coefficient (Wildman–Crippen LogP) is 5.93. The van der Waals surface area contributed by atoms with Gasteiger partial charge in [-0.05, 0) is 81.3 Å². The number of anilines is 2. The molecule has 2 aromatic carbocycles. The van der Waals surface area contributed by atoms with Crippen LogP contribution < -0.4 is 11.1 Å². The van der Waals surface area contributed by atoms with Crippen molar-refractivity contribution in [3.63, 3.8) is 0 Å². The molecule has 2 heterocycles. The van der Waals surface area contributed by atoms with E-state index in [2.05, 4.69) is 18.3 Å². The van der Waals surface area contributed by atoms with Gasteiger partial charge >= 0.3 is 0 Å². The Morgan fingerprint density at radius 2 is 1.85 bits per heavy atom. The number of allylic oxidation sites excluding steroid dienone is 2. The largest absolute Gasteiger partial charge is 0.384 e. The van der Waals surface area contributed by atoms with Gasteiger partial charge in [-0.1, -0.05) is 29.8 Å². The molecule has 4 aromatic rings. The minimum absolute atomic E-state index is 0.263. The second-order valence-electron chi connectivity index (χ2n) is 8.91. The van der Waals surface area contributed by atoms with E-state index in [-0.39, 0.29) is 5.91 Å². The highest BCUT2D eigenvalue weighted by molar-refractivity contribution is 6.16. The molecule has 2 aromatic heterocycles. The van der Waals surface area contributed by atoms with Crippen molar-refractivity contribution < 1.29 is 4.79 Å². The summed E-state index contributed by atoms with van der Waals surface area (Å²) in [5.41, 5.74) is 14.2. The first-order valence-corrected chi connectivity index (χ1v) is 11.6. The van der Waals surface area contributed by atoms with Gasteiger partial charge in [-0.15, -0.1) is 0 Å². The Bertz CT molecular complexity index is 1400. The minimum atomic E-state index is -0.263. The average Bonchev–Trinajstić information content (AvgIpc) is 3.09. The fourth-order valence-electron chi connectivity index (χ4n) is 4.57.